The molecule has 1 aliphatic heterocycles. The van der Waals surface area contributed by atoms with E-state index in [1.54, 1.807) is 4.90 Å². The fourth-order valence-electron chi connectivity index (χ4n) is 2.96. The van der Waals surface area contributed by atoms with Crippen molar-refractivity contribution in [2.45, 2.75) is 44.6 Å². The average molecular weight is 283 g/mol. The van der Waals surface area contributed by atoms with Crippen LogP contribution in [0.4, 0.5) is 4.79 Å². The first-order valence-electron chi connectivity index (χ1n) is 7.76. The van der Waals surface area contributed by atoms with E-state index < -0.39 is 0 Å². The first kappa shape index (κ1) is 14.0. The van der Waals surface area contributed by atoms with Crippen LogP contribution in [0.25, 0.3) is 0 Å². The molecule has 21 heavy (non-hydrogen) atoms. The van der Waals surface area contributed by atoms with Gasteiger partial charge in [0.05, 0.1) is 12.2 Å². The van der Waals surface area contributed by atoms with Crippen LogP contribution in [0.2, 0.25) is 0 Å². The third-order valence-electron chi connectivity index (χ3n) is 4.18. The van der Waals surface area contributed by atoms with Crippen molar-refractivity contribution in [3.8, 4) is 0 Å². The molecule has 1 saturated carbocycles. The Morgan fingerprint density at radius 1 is 1.19 bits per heavy atom. The zero-order valence-electron chi connectivity index (χ0n) is 12.3. The Morgan fingerprint density at radius 2 is 1.95 bits per heavy atom. The van der Waals surface area contributed by atoms with Gasteiger partial charge in [-0.2, -0.15) is 0 Å². The van der Waals surface area contributed by atoms with Crippen molar-refractivity contribution in [2.24, 2.45) is 0 Å². The summed E-state index contributed by atoms with van der Waals surface area (Å²) in [5.41, 5.74) is 5.89. The number of rotatable bonds is 3. The van der Waals surface area contributed by atoms with Gasteiger partial charge in [0.2, 0.25) is 0 Å². The van der Waals surface area contributed by atoms with Crippen molar-refractivity contribution in [3.63, 3.8) is 0 Å². The summed E-state index contributed by atoms with van der Waals surface area (Å²) in [7, 11) is 0. The van der Waals surface area contributed by atoms with Gasteiger partial charge in [0.1, 0.15) is 6.61 Å². The van der Waals surface area contributed by atoms with Crippen LogP contribution in [0, 0.1) is 0 Å². The number of allylic oxidation sites excluding steroid dienone is 1. The van der Waals surface area contributed by atoms with Crippen LogP contribution in [-0.4, -0.2) is 23.6 Å². The summed E-state index contributed by atoms with van der Waals surface area (Å²) in [5, 5.41) is 0. The standard InChI is InChI=1S/C18H21NO2/c20-18-19(12-11-15-7-3-1-4-8-15)17(14-21-18)13-16-9-5-2-6-10-16/h2,5-6,9-10,12,17H,1,3-4,7-8,13-14H2/t17-/m1/s1. The second kappa shape index (κ2) is 6.64. The summed E-state index contributed by atoms with van der Waals surface area (Å²) in [6, 6.07) is 10.3. The lowest BCUT2D eigenvalue weighted by atomic mass is 9.96. The largest absolute Gasteiger partial charge is 0.447 e. The molecule has 0 spiro atoms. The molecule has 1 aliphatic carbocycles. The molecular weight excluding hydrogens is 262 g/mol. The molecule has 1 atom stereocenters. The quantitative estimate of drug-likeness (QED) is 0.783. The molecule has 3 nitrogen and oxygen atoms in total. The van der Waals surface area contributed by atoms with Gasteiger partial charge in [0.15, 0.2) is 0 Å². The van der Waals surface area contributed by atoms with Gasteiger partial charge >= 0.3 is 6.09 Å². The minimum Gasteiger partial charge on any atom is -0.447 e. The highest BCUT2D eigenvalue weighted by atomic mass is 16.6. The molecule has 0 N–H and O–H groups in total. The SMILES string of the molecule is O=C1OC[C@@H](Cc2ccccc2)N1C=C=C1CCCCC1. The van der Waals surface area contributed by atoms with E-state index in [9.17, 15) is 4.79 Å². The maximum atomic E-state index is 11.9. The predicted octanol–water partition coefficient (Wildman–Crippen LogP) is 4.05. The first-order valence-corrected chi connectivity index (χ1v) is 7.76. The van der Waals surface area contributed by atoms with Crippen molar-refractivity contribution in [2.75, 3.05) is 6.61 Å². The van der Waals surface area contributed by atoms with E-state index in [4.69, 9.17) is 4.74 Å². The average Bonchev–Trinajstić information content (AvgIpc) is 2.87. The van der Waals surface area contributed by atoms with E-state index in [2.05, 4.69) is 17.9 Å². The normalized spacial score (nSPS) is 21.9. The molecular formula is C18H21NO2. The van der Waals surface area contributed by atoms with Crippen LogP contribution in [0.3, 0.4) is 0 Å². The van der Waals surface area contributed by atoms with E-state index in [0.29, 0.717) is 6.61 Å². The van der Waals surface area contributed by atoms with Gasteiger partial charge < -0.3 is 4.74 Å². The molecule has 0 unspecified atom stereocenters. The number of hydrogen-bond donors (Lipinski definition) is 0. The molecule has 0 bridgehead atoms. The monoisotopic (exact) mass is 283 g/mol. The van der Waals surface area contributed by atoms with Crippen LogP contribution in [0.15, 0.2) is 47.8 Å². The van der Waals surface area contributed by atoms with Gasteiger partial charge in [-0.25, -0.2) is 4.79 Å². The number of benzene rings is 1. The number of carbonyl (C=O) groups excluding carboxylic acids is 1. The lowest BCUT2D eigenvalue weighted by Gasteiger charge is -2.17. The molecule has 1 saturated heterocycles. The third-order valence-corrected chi connectivity index (χ3v) is 4.18. The Morgan fingerprint density at radius 3 is 2.71 bits per heavy atom. The Hall–Kier alpha value is -1.99. The lowest BCUT2D eigenvalue weighted by molar-refractivity contribution is 0.166. The molecule has 0 aromatic heterocycles. The summed E-state index contributed by atoms with van der Waals surface area (Å²) in [6.07, 6.45) is 8.41. The second-order valence-electron chi connectivity index (χ2n) is 5.77. The van der Waals surface area contributed by atoms with Gasteiger partial charge in [-0.3, -0.25) is 4.90 Å². The molecule has 2 fully saturated rings. The minimum atomic E-state index is -0.250. The van der Waals surface area contributed by atoms with Crippen molar-refractivity contribution in [1.29, 1.82) is 0 Å². The highest BCUT2D eigenvalue weighted by molar-refractivity contribution is 5.71. The smallest absolute Gasteiger partial charge is 0.414 e. The molecule has 1 aromatic rings. The maximum Gasteiger partial charge on any atom is 0.414 e. The van der Waals surface area contributed by atoms with E-state index in [-0.39, 0.29) is 12.1 Å². The minimum absolute atomic E-state index is 0.0802. The van der Waals surface area contributed by atoms with Crippen LogP contribution in [-0.2, 0) is 11.2 Å². The predicted molar refractivity (Wildman–Crippen MR) is 81.8 cm³/mol. The third kappa shape index (κ3) is 3.56. The number of carbonyl (C=O) groups is 1. The van der Waals surface area contributed by atoms with Gasteiger partial charge in [-0.15, -0.1) is 5.73 Å². The van der Waals surface area contributed by atoms with Crippen LogP contribution >= 0.6 is 0 Å². The van der Waals surface area contributed by atoms with Gasteiger partial charge in [-0.1, -0.05) is 36.8 Å². The molecule has 3 heteroatoms. The zero-order valence-corrected chi connectivity index (χ0v) is 12.3. The summed E-state index contributed by atoms with van der Waals surface area (Å²) < 4.78 is 5.20. The second-order valence-corrected chi connectivity index (χ2v) is 5.77. The molecule has 0 radical (unpaired) electrons. The number of cyclic esters (lactones) is 1. The van der Waals surface area contributed by atoms with E-state index in [1.807, 2.05) is 24.4 Å². The molecule has 1 aromatic carbocycles. The van der Waals surface area contributed by atoms with Crippen molar-refractivity contribution < 1.29 is 9.53 Å². The Balaban J connectivity index is 1.72. The van der Waals surface area contributed by atoms with Crippen molar-refractivity contribution in [1.82, 2.24) is 4.90 Å². The molecule has 110 valence electrons. The number of hydrogen-bond acceptors (Lipinski definition) is 2. The molecule has 3 rings (SSSR count). The van der Waals surface area contributed by atoms with E-state index in [0.717, 1.165) is 19.3 Å². The lowest BCUT2D eigenvalue weighted by Crippen LogP contribution is -2.30. The number of nitrogens with zero attached hydrogens (tertiary/aromatic N) is 1. The Labute approximate surface area is 125 Å². The highest BCUT2D eigenvalue weighted by Gasteiger charge is 2.31. The van der Waals surface area contributed by atoms with Crippen molar-refractivity contribution >= 4 is 6.09 Å². The van der Waals surface area contributed by atoms with Gasteiger partial charge in [0.25, 0.3) is 0 Å². The van der Waals surface area contributed by atoms with Crippen LogP contribution in [0.1, 0.15) is 37.7 Å². The first-order chi connectivity index (χ1) is 10.3. The zero-order chi connectivity index (χ0) is 14.5. The Bertz CT molecular complexity index is 550. The fraction of sp³-hybridized carbons (Fsp3) is 0.444. The topological polar surface area (TPSA) is 29.5 Å². The van der Waals surface area contributed by atoms with Crippen molar-refractivity contribution in [3.05, 3.63) is 53.4 Å². The summed E-state index contributed by atoms with van der Waals surface area (Å²) >= 11 is 0. The van der Waals surface area contributed by atoms with Crippen LogP contribution < -0.4 is 0 Å². The summed E-state index contributed by atoms with van der Waals surface area (Å²) in [6.45, 7) is 0.460. The van der Waals surface area contributed by atoms with Crippen LogP contribution in [0.5, 0.6) is 0 Å². The number of ether oxygens (including phenoxy) is 1. The van der Waals surface area contributed by atoms with Gasteiger partial charge in [0, 0.05) is 0 Å². The van der Waals surface area contributed by atoms with E-state index in [1.165, 1.54) is 30.4 Å². The van der Waals surface area contributed by atoms with E-state index >= 15 is 0 Å². The maximum absolute atomic E-state index is 11.9. The summed E-state index contributed by atoms with van der Waals surface area (Å²) in [5.74, 6) is 0. The fourth-order valence-corrected chi connectivity index (χ4v) is 2.96. The molecule has 1 heterocycles. The molecule has 1 amide bonds. The Kier molecular flexibility index (Phi) is 4.42. The highest BCUT2D eigenvalue weighted by Crippen LogP contribution is 2.22. The molecule has 2 aliphatic rings. The summed E-state index contributed by atoms with van der Waals surface area (Å²) in [4.78, 5) is 13.6. The van der Waals surface area contributed by atoms with Gasteiger partial charge in [-0.05, 0) is 43.2 Å². The number of amides is 1.